The fourth-order valence-corrected chi connectivity index (χ4v) is 2.30. The molecule has 0 spiro atoms. The minimum Gasteiger partial charge on any atom is -0.358 e. The molecule has 20 heavy (non-hydrogen) atoms. The summed E-state index contributed by atoms with van der Waals surface area (Å²) in [7, 11) is 1.85. The molecule has 1 unspecified atom stereocenters. The summed E-state index contributed by atoms with van der Waals surface area (Å²) in [4.78, 5) is 20.8. The van der Waals surface area contributed by atoms with E-state index in [0.717, 1.165) is 23.3 Å². The molecule has 0 bridgehead atoms. The second kappa shape index (κ2) is 4.73. The second-order valence-electron chi connectivity index (χ2n) is 5.37. The Balaban J connectivity index is 2.05. The zero-order valence-electron chi connectivity index (χ0n) is 11.8. The summed E-state index contributed by atoms with van der Waals surface area (Å²) in [6.45, 7) is 4.79. The van der Waals surface area contributed by atoms with Gasteiger partial charge in [0.25, 0.3) is 0 Å². The highest BCUT2D eigenvalue weighted by molar-refractivity contribution is 5.91. The van der Waals surface area contributed by atoms with Crippen LogP contribution in [0.2, 0.25) is 0 Å². The van der Waals surface area contributed by atoms with E-state index in [0.29, 0.717) is 12.4 Å². The molecule has 0 aromatic carbocycles. The maximum atomic E-state index is 11.7. The molecule has 7 heteroatoms. The van der Waals surface area contributed by atoms with E-state index >= 15 is 0 Å². The molecule has 0 saturated carbocycles. The van der Waals surface area contributed by atoms with Gasteiger partial charge in [-0.1, -0.05) is 13.8 Å². The Bertz CT molecular complexity index is 662. The zero-order valence-corrected chi connectivity index (χ0v) is 11.8. The van der Waals surface area contributed by atoms with Crippen molar-refractivity contribution in [2.45, 2.75) is 32.2 Å². The maximum Gasteiger partial charge on any atom is 0.242 e. The summed E-state index contributed by atoms with van der Waals surface area (Å²) in [6.07, 6.45) is 2.50. The van der Waals surface area contributed by atoms with Crippen molar-refractivity contribution < 1.29 is 4.79 Å². The van der Waals surface area contributed by atoms with Crippen LogP contribution in [0.1, 0.15) is 32.0 Å². The third kappa shape index (κ3) is 2.09. The molecule has 1 amide bonds. The molecule has 1 aliphatic heterocycles. The summed E-state index contributed by atoms with van der Waals surface area (Å²) in [5, 5.41) is 11.1. The van der Waals surface area contributed by atoms with Crippen LogP contribution >= 0.6 is 0 Å². The molecule has 2 aromatic heterocycles. The molecule has 1 atom stereocenters. The van der Waals surface area contributed by atoms with E-state index in [-0.39, 0.29) is 17.9 Å². The van der Waals surface area contributed by atoms with Crippen LogP contribution in [0.4, 0.5) is 5.82 Å². The molecule has 2 N–H and O–H groups in total. The minimum absolute atomic E-state index is 0.0201. The number of aryl methyl sites for hydroxylation is 1. The van der Waals surface area contributed by atoms with Crippen LogP contribution in [0.25, 0.3) is 11.0 Å². The number of amides is 1. The van der Waals surface area contributed by atoms with E-state index in [9.17, 15) is 4.79 Å². The largest absolute Gasteiger partial charge is 0.358 e. The molecule has 3 heterocycles. The lowest BCUT2D eigenvalue weighted by Gasteiger charge is -2.13. The van der Waals surface area contributed by atoms with Crippen LogP contribution in [0, 0.1) is 0 Å². The van der Waals surface area contributed by atoms with Gasteiger partial charge >= 0.3 is 0 Å². The summed E-state index contributed by atoms with van der Waals surface area (Å²) >= 11 is 0. The normalized spacial score (nSPS) is 18.8. The number of fused-ring (bicyclic) bond motifs is 1. The van der Waals surface area contributed by atoms with Crippen LogP contribution in [0.15, 0.2) is 6.20 Å². The average Bonchev–Trinajstić information content (AvgIpc) is 2.97. The highest BCUT2D eigenvalue weighted by atomic mass is 16.2. The fraction of sp³-hybridized carbons (Fsp3) is 0.538. The Morgan fingerprint density at radius 3 is 2.90 bits per heavy atom. The predicted octanol–water partition coefficient (Wildman–Crippen LogP) is 0.787. The lowest BCUT2D eigenvalue weighted by Crippen LogP contribution is -2.30. The van der Waals surface area contributed by atoms with Crippen molar-refractivity contribution in [3.63, 3.8) is 0 Å². The summed E-state index contributed by atoms with van der Waals surface area (Å²) in [6, 6.07) is -0.228. The summed E-state index contributed by atoms with van der Waals surface area (Å²) in [5.74, 6) is 1.68. The van der Waals surface area contributed by atoms with Gasteiger partial charge in [0.1, 0.15) is 17.7 Å². The Labute approximate surface area is 116 Å². The van der Waals surface area contributed by atoms with Gasteiger partial charge in [-0.05, 0) is 6.42 Å². The molecule has 106 valence electrons. The fourth-order valence-electron chi connectivity index (χ4n) is 2.30. The number of rotatable bonds is 3. The number of anilines is 1. The second-order valence-corrected chi connectivity index (χ2v) is 5.37. The Morgan fingerprint density at radius 2 is 2.25 bits per heavy atom. The zero-order chi connectivity index (χ0) is 14.3. The monoisotopic (exact) mass is 274 g/mol. The molecule has 7 nitrogen and oxygen atoms in total. The molecule has 2 aromatic rings. The van der Waals surface area contributed by atoms with Gasteiger partial charge in [0, 0.05) is 19.5 Å². The SMILES string of the molecule is CC(C)c1nc(NC2CCNC2=O)c2cnn(C)c2n1. The van der Waals surface area contributed by atoms with Gasteiger partial charge in [-0.3, -0.25) is 9.48 Å². The Kier molecular flexibility index (Phi) is 3.04. The highest BCUT2D eigenvalue weighted by Crippen LogP contribution is 2.23. The van der Waals surface area contributed by atoms with Crippen LogP contribution in [0.3, 0.4) is 0 Å². The van der Waals surface area contributed by atoms with Crippen molar-refractivity contribution in [3.05, 3.63) is 12.0 Å². The molecular weight excluding hydrogens is 256 g/mol. The lowest BCUT2D eigenvalue weighted by molar-refractivity contribution is -0.119. The number of aromatic nitrogens is 4. The average molecular weight is 274 g/mol. The number of carbonyl (C=O) groups excluding carboxylic acids is 1. The third-order valence-corrected chi connectivity index (χ3v) is 3.49. The number of carbonyl (C=O) groups is 1. The van der Waals surface area contributed by atoms with Crippen molar-refractivity contribution in [2.75, 3.05) is 11.9 Å². The van der Waals surface area contributed by atoms with Gasteiger partial charge in [0.05, 0.1) is 11.6 Å². The van der Waals surface area contributed by atoms with Crippen molar-refractivity contribution in [1.82, 2.24) is 25.1 Å². The summed E-state index contributed by atoms with van der Waals surface area (Å²) < 4.78 is 1.72. The Morgan fingerprint density at radius 1 is 1.45 bits per heavy atom. The van der Waals surface area contributed by atoms with E-state index in [1.165, 1.54) is 0 Å². The molecule has 0 aliphatic carbocycles. The number of nitrogens with one attached hydrogen (secondary N) is 2. The van der Waals surface area contributed by atoms with Gasteiger partial charge in [-0.15, -0.1) is 0 Å². The van der Waals surface area contributed by atoms with Crippen LogP contribution < -0.4 is 10.6 Å². The topological polar surface area (TPSA) is 84.7 Å². The van der Waals surface area contributed by atoms with Crippen LogP contribution in [-0.4, -0.2) is 38.2 Å². The summed E-state index contributed by atoms with van der Waals surface area (Å²) in [5.41, 5.74) is 0.782. The number of hydrogen-bond donors (Lipinski definition) is 2. The first-order valence-electron chi connectivity index (χ1n) is 6.80. The van der Waals surface area contributed by atoms with Gasteiger partial charge < -0.3 is 10.6 Å². The quantitative estimate of drug-likeness (QED) is 0.864. The first-order chi connectivity index (χ1) is 9.56. The highest BCUT2D eigenvalue weighted by Gasteiger charge is 2.25. The number of hydrogen-bond acceptors (Lipinski definition) is 5. The van der Waals surface area contributed by atoms with E-state index in [1.54, 1.807) is 10.9 Å². The molecular formula is C13H18N6O. The minimum atomic E-state index is -0.228. The molecule has 1 aliphatic rings. The molecule has 0 radical (unpaired) electrons. The van der Waals surface area contributed by atoms with Gasteiger partial charge in [0.15, 0.2) is 5.65 Å². The van der Waals surface area contributed by atoms with Gasteiger partial charge in [0.2, 0.25) is 5.91 Å². The maximum absolute atomic E-state index is 11.7. The van der Waals surface area contributed by atoms with Crippen molar-refractivity contribution in [2.24, 2.45) is 7.05 Å². The standard InChI is InChI=1S/C13H18N6O/c1-7(2)10-17-11(16-9-4-5-14-13(9)20)8-6-15-19(3)12(8)18-10/h6-7,9H,4-5H2,1-3H3,(H,14,20)(H,16,17,18). The van der Waals surface area contributed by atoms with E-state index in [2.05, 4.69) is 25.7 Å². The van der Waals surface area contributed by atoms with Gasteiger partial charge in [-0.25, -0.2) is 9.97 Å². The molecule has 1 saturated heterocycles. The van der Waals surface area contributed by atoms with E-state index < -0.39 is 0 Å². The van der Waals surface area contributed by atoms with Crippen molar-refractivity contribution in [1.29, 1.82) is 0 Å². The first-order valence-corrected chi connectivity index (χ1v) is 6.80. The van der Waals surface area contributed by atoms with Crippen LogP contribution in [0.5, 0.6) is 0 Å². The predicted molar refractivity (Wildman–Crippen MR) is 75.4 cm³/mol. The van der Waals surface area contributed by atoms with Crippen molar-refractivity contribution >= 4 is 22.8 Å². The van der Waals surface area contributed by atoms with Crippen LogP contribution in [-0.2, 0) is 11.8 Å². The lowest BCUT2D eigenvalue weighted by atomic mass is 10.2. The van der Waals surface area contributed by atoms with Crippen molar-refractivity contribution in [3.8, 4) is 0 Å². The molecule has 3 rings (SSSR count). The van der Waals surface area contributed by atoms with E-state index in [1.807, 2.05) is 20.9 Å². The smallest absolute Gasteiger partial charge is 0.242 e. The Hall–Kier alpha value is -2.18. The molecule has 1 fully saturated rings. The van der Waals surface area contributed by atoms with E-state index in [4.69, 9.17) is 0 Å². The third-order valence-electron chi connectivity index (χ3n) is 3.49. The van der Waals surface area contributed by atoms with Gasteiger partial charge in [-0.2, -0.15) is 5.10 Å². The first kappa shape index (κ1) is 12.8. The number of nitrogens with zero attached hydrogens (tertiary/aromatic N) is 4.